The van der Waals surface area contributed by atoms with Crippen molar-refractivity contribution in [2.24, 2.45) is 0 Å². The number of halogens is 1. The molecule has 1 aliphatic heterocycles. The minimum atomic E-state index is -4.06. The van der Waals surface area contributed by atoms with Crippen LogP contribution in [0.5, 0.6) is 11.5 Å². The fourth-order valence-electron chi connectivity index (χ4n) is 3.32. The molecule has 1 fully saturated rings. The van der Waals surface area contributed by atoms with Crippen molar-refractivity contribution >= 4 is 73.0 Å². The summed E-state index contributed by atoms with van der Waals surface area (Å²) < 4.78 is 37.5. The van der Waals surface area contributed by atoms with Crippen molar-refractivity contribution in [3.05, 3.63) is 91.9 Å². The van der Waals surface area contributed by atoms with Crippen molar-refractivity contribution in [1.29, 1.82) is 0 Å². The number of carbonyl (C=O) groups is 1. The van der Waals surface area contributed by atoms with Gasteiger partial charge in [0.15, 0.2) is 11.5 Å². The molecular formula is C25H20INO5S3. The molecular weight excluding hydrogens is 617 g/mol. The van der Waals surface area contributed by atoms with E-state index in [0.717, 1.165) is 11.1 Å². The molecule has 0 spiro atoms. The highest BCUT2D eigenvalue weighted by Gasteiger charge is 2.32. The largest absolute Gasteiger partial charge is 0.493 e. The summed E-state index contributed by atoms with van der Waals surface area (Å²) in [7, 11) is -2.63. The molecule has 0 radical (unpaired) electrons. The van der Waals surface area contributed by atoms with Crippen molar-refractivity contribution in [1.82, 2.24) is 4.90 Å². The minimum Gasteiger partial charge on any atom is -0.493 e. The zero-order valence-corrected chi connectivity index (χ0v) is 23.3. The van der Waals surface area contributed by atoms with E-state index in [2.05, 4.69) is 0 Å². The third-order valence-electron chi connectivity index (χ3n) is 5.11. The summed E-state index contributed by atoms with van der Waals surface area (Å²) in [4.78, 5) is 15.1. The Balaban J connectivity index is 1.60. The average Bonchev–Trinajstić information content (AvgIpc) is 3.08. The van der Waals surface area contributed by atoms with Crippen LogP contribution in [0.2, 0.25) is 0 Å². The molecule has 1 saturated heterocycles. The predicted molar refractivity (Wildman–Crippen MR) is 150 cm³/mol. The van der Waals surface area contributed by atoms with Crippen LogP contribution in [0.25, 0.3) is 6.08 Å². The fourth-order valence-corrected chi connectivity index (χ4v) is 6.42. The van der Waals surface area contributed by atoms with Crippen LogP contribution in [-0.4, -0.2) is 30.7 Å². The molecule has 0 aliphatic carbocycles. The van der Waals surface area contributed by atoms with Gasteiger partial charge in [-0.1, -0.05) is 72.0 Å². The monoisotopic (exact) mass is 637 g/mol. The molecule has 1 heterocycles. The van der Waals surface area contributed by atoms with Gasteiger partial charge in [-0.2, -0.15) is 8.42 Å². The molecule has 4 rings (SSSR count). The molecule has 0 aromatic heterocycles. The van der Waals surface area contributed by atoms with E-state index in [0.29, 0.717) is 24.9 Å². The van der Waals surface area contributed by atoms with E-state index in [1.54, 1.807) is 35.2 Å². The zero-order chi connectivity index (χ0) is 25.2. The normalized spacial score (nSPS) is 15.1. The molecule has 3 aromatic rings. The van der Waals surface area contributed by atoms with Gasteiger partial charge >= 0.3 is 10.1 Å². The molecule has 0 saturated carbocycles. The molecule has 6 nitrogen and oxygen atoms in total. The molecule has 0 N–H and O–H groups in total. The maximum Gasteiger partial charge on any atom is 0.339 e. The Kier molecular flexibility index (Phi) is 7.84. The Morgan fingerprint density at radius 1 is 1.09 bits per heavy atom. The van der Waals surface area contributed by atoms with Gasteiger partial charge in [0.2, 0.25) is 0 Å². The van der Waals surface area contributed by atoms with E-state index in [-0.39, 0.29) is 22.3 Å². The summed E-state index contributed by atoms with van der Waals surface area (Å²) in [5.41, 5.74) is 2.58. The zero-order valence-electron chi connectivity index (χ0n) is 18.7. The van der Waals surface area contributed by atoms with Gasteiger partial charge in [-0.05, 0) is 71.0 Å². The first-order chi connectivity index (χ1) is 16.7. The Bertz CT molecular complexity index is 1420. The van der Waals surface area contributed by atoms with E-state index in [1.165, 1.54) is 31.0 Å². The predicted octanol–water partition coefficient (Wildman–Crippen LogP) is 5.78. The molecule has 3 aromatic carbocycles. The van der Waals surface area contributed by atoms with E-state index in [4.69, 9.17) is 21.1 Å². The Hall–Kier alpha value is -2.41. The Morgan fingerprint density at radius 3 is 2.43 bits per heavy atom. The molecule has 1 amide bonds. The third-order valence-corrected chi connectivity index (χ3v) is 8.52. The number of thiocarbonyl (C=S) groups is 1. The number of methoxy groups -OCH3 is 1. The number of ether oxygens (including phenoxy) is 1. The lowest BCUT2D eigenvalue weighted by molar-refractivity contribution is -0.122. The topological polar surface area (TPSA) is 72.9 Å². The second-order valence-corrected chi connectivity index (χ2v) is 12.0. The van der Waals surface area contributed by atoms with Crippen LogP contribution in [-0.2, 0) is 21.5 Å². The number of hydrogen-bond donors (Lipinski definition) is 0. The van der Waals surface area contributed by atoms with Crippen LogP contribution in [0.4, 0.5) is 0 Å². The smallest absolute Gasteiger partial charge is 0.339 e. The SMILES string of the molecule is COc1cc(C=C2SC(=S)N(Cc3ccccc3)C2=O)cc(I)c1OS(=O)(=O)c1ccc(C)cc1. The van der Waals surface area contributed by atoms with Crippen LogP contribution in [0.3, 0.4) is 0 Å². The van der Waals surface area contributed by atoms with Gasteiger partial charge in [-0.3, -0.25) is 9.69 Å². The lowest BCUT2D eigenvalue weighted by Gasteiger charge is -2.14. The molecule has 10 heteroatoms. The number of rotatable bonds is 7. The van der Waals surface area contributed by atoms with Gasteiger partial charge < -0.3 is 8.92 Å². The summed E-state index contributed by atoms with van der Waals surface area (Å²) in [5, 5.41) is 0. The van der Waals surface area contributed by atoms with Crippen LogP contribution in [0, 0.1) is 10.5 Å². The number of hydrogen-bond acceptors (Lipinski definition) is 7. The number of aryl methyl sites for hydroxylation is 1. The summed E-state index contributed by atoms with van der Waals surface area (Å²) in [6, 6.07) is 19.4. The van der Waals surface area contributed by atoms with E-state index in [1.807, 2.05) is 59.8 Å². The second-order valence-electron chi connectivity index (χ2n) is 7.64. The Labute approximate surface area is 227 Å². The van der Waals surface area contributed by atoms with Gasteiger partial charge in [-0.25, -0.2) is 0 Å². The van der Waals surface area contributed by atoms with Crippen LogP contribution in [0.1, 0.15) is 16.7 Å². The third kappa shape index (κ3) is 5.88. The molecule has 0 atom stereocenters. The van der Waals surface area contributed by atoms with Gasteiger partial charge in [0, 0.05) is 0 Å². The standard InChI is InChI=1S/C25H20INO5S3/c1-16-8-10-19(11-9-16)35(29,30)32-23-20(26)12-18(13-21(23)31-2)14-22-24(28)27(25(33)34-22)15-17-6-4-3-5-7-17/h3-14H,15H2,1-2H3. The molecule has 35 heavy (non-hydrogen) atoms. The number of benzene rings is 3. The first-order valence-electron chi connectivity index (χ1n) is 10.4. The van der Waals surface area contributed by atoms with Gasteiger partial charge in [-0.15, -0.1) is 0 Å². The number of carbonyl (C=O) groups excluding carboxylic acids is 1. The summed E-state index contributed by atoms with van der Waals surface area (Å²) in [5.74, 6) is 0.140. The maximum absolute atomic E-state index is 13.0. The lowest BCUT2D eigenvalue weighted by atomic mass is 10.1. The molecule has 1 aliphatic rings. The minimum absolute atomic E-state index is 0.0483. The van der Waals surface area contributed by atoms with Crippen molar-refractivity contribution in [2.75, 3.05) is 7.11 Å². The average molecular weight is 638 g/mol. The molecule has 0 bridgehead atoms. The number of amides is 1. The van der Waals surface area contributed by atoms with E-state index < -0.39 is 10.1 Å². The number of nitrogens with zero attached hydrogens (tertiary/aromatic N) is 1. The maximum atomic E-state index is 13.0. The first-order valence-corrected chi connectivity index (χ1v) is 14.1. The van der Waals surface area contributed by atoms with Gasteiger partial charge in [0.25, 0.3) is 5.91 Å². The van der Waals surface area contributed by atoms with Crippen LogP contribution in [0.15, 0.2) is 76.5 Å². The second kappa shape index (κ2) is 10.7. The van der Waals surface area contributed by atoms with Crippen LogP contribution < -0.4 is 8.92 Å². The van der Waals surface area contributed by atoms with E-state index >= 15 is 0 Å². The summed E-state index contributed by atoms with van der Waals surface area (Å²) in [6.07, 6.45) is 1.72. The van der Waals surface area contributed by atoms with Crippen molar-refractivity contribution in [3.63, 3.8) is 0 Å². The first kappa shape index (κ1) is 25.7. The van der Waals surface area contributed by atoms with Crippen molar-refractivity contribution in [2.45, 2.75) is 18.4 Å². The van der Waals surface area contributed by atoms with Crippen LogP contribution >= 0.6 is 46.6 Å². The number of thioether (sulfide) groups is 1. The van der Waals surface area contributed by atoms with Gasteiger partial charge in [0.05, 0.1) is 22.1 Å². The quantitative estimate of drug-likeness (QED) is 0.141. The van der Waals surface area contributed by atoms with Crippen molar-refractivity contribution < 1.29 is 22.1 Å². The molecule has 180 valence electrons. The summed E-state index contributed by atoms with van der Waals surface area (Å²) in [6.45, 7) is 2.27. The van der Waals surface area contributed by atoms with Gasteiger partial charge in [0.1, 0.15) is 9.22 Å². The summed E-state index contributed by atoms with van der Waals surface area (Å²) >= 11 is 8.65. The van der Waals surface area contributed by atoms with Crippen molar-refractivity contribution in [3.8, 4) is 11.5 Å². The Morgan fingerprint density at radius 2 is 1.77 bits per heavy atom. The highest BCUT2D eigenvalue weighted by molar-refractivity contribution is 14.1. The lowest BCUT2D eigenvalue weighted by Crippen LogP contribution is -2.27. The highest BCUT2D eigenvalue weighted by Crippen LogP contribution is 2.39. The fraction of sp³-hybridized carbons (Fsp3) is 0.120. The highest BCUT2D eigenvalue weighted by atomic mass is 127. The van der Waals surface area contributed by atoms with E-state index in [9.17, 15) is 13.2 Å². The molecule has 0 unspecified atom stereocenters.